The summed E-state index contributed by atoms with van der Waals surface area (Å²) in [6, 6.07) is 9.29. The number of benzene rings is 1. The van der Waals surface area contributed by atoms with E-state index in [1.807, 2.05) is 19.1 Å². The molecule has 6 nitrogen and oxygen atoms in total. The van der Waals surface area contributed by atoms with Crippen LogP contribution in [-0.2, 0) is 4.74 Å². The van der Waals surface area contributed by atoms with E-state index in [0.29, 0.717) is 24.6 Å². The van der Waals surface area contributed by atoms with Crippen LogP contribution >= 0.6 is 11.3 Å². The van der Waals surface area contributed by atoms with Crippen LogP contribution in [0.1, 0.15) is 11.3 Å². The van der Waals surface area contributed by atoms with Crippen LogP contribution in [0.25, 0.3) is 31.8 Å². The molecule has 5 rings (SSSR count). The summed E-state index contributed by atoms with van der Waals surface area (Å²) in [4.78, 5) is 17.7. The predicted octanol–water partition coefficient (Wildman–Crippen LogP) is 4.07. The van der Waals surface area contributed by atoms with Gasteiger partial charge in [0.05, 0.1) is 29.0 Å². The standard InChI is InChI=1S/C21H20N4O2S/c1-12-11-13(2)22-21-16(12)17-18(28-21)20(25-7-9-27-10-8-25)24-19(23-17)14-5-3-4-6-15(14)26/h3-6,11,26H,7-10H2,1-2H3. The zero-order chi connectivity index (χ0) is 19.3. The highest BCUT2D eigenvalue weighted by Gasteiger charge is 2.23. The van der Waals surface area contributed by atoms with Crippen molar-refractivity contribution in [3.8, 4) is 17.1 Å². The van der Waals surface area contributed by atoms with Crippen molar-refractivity contribution < 1.29 is 9.84 Å². The summed E-state index contributed by atoms with van der Waals surface area (Å²) in [7, 11) is 0. The average Bonchev–Trinajstić information content (AvgIpc) is 3.06. The number of nitrogens with zero attached hydrogens (tertiary/aromatic N) is 4. The number of hydrogen-bond donors (Lipinski definition) is 1. The van der Waals surface area contributed by atoms with Crippen molar-refractivity contribution in [2.24, 2.45) is 0 Å². The fraction of sp³-hybridized carbons (Fsp3) is 0.286. The molecule has 0 atom stereocenters. The maximum Gasteiger partial charge on any atom is 0.165 e. The summed E-state index contributed by atoms with van der Waals surface area (Å²) >= 11 is 1.64. The van der Waals surface area contributed by atoms with Gasteiger partial charge in [0.25, 0.3) is 0 Å². The lowest BCUT2D eigenvalue weighted by Crippen LogP contribution is -2.36. The van der Waals surface area contributed by atoms with Crippen molar-refractivity contribution in [2.45, 2.75) is 13.8 Å². The molecule has 1 N–H and O–H groups in total. The lowest BCUT2D eigenvalue weighted by molar-refractivity contribution is 0.122. The first-order valence-electron chi connectivity index (χ1n) is 9.31. The summed E-state index contributed by atoms with van der Waals surface area (Å²) < 4.78 is 6.57. The fourth-order valence-corrected chi connectivity index (χ4v) is 4.99. The van der Waals surface area contributed by atoms with E-state index >= 15 is 0 Å². The Bertz CT molecular complexity index is 1200. The van der Waals surface area contributed by atoms with Gasteiger partial charge in [0, 0.05) is 24.2 Å². The second kappa shape index (κ2) is 6.68. The number of thiophene rings is 1. The third-order valence-electron chi connectivity index (χ3n) is 5.05. The maximum atomic E-state index is 10.4. The molecule has 3 aromatic heterocycles. The molecule has 1 aliphatic heterocycles. The summed E-state index contributed by atoms with van der Waals surface area (Å²) in [5.74, 6) is 1.61. The van der Waals surface area contributed by atoms with E-state index in [9.17, 15) is 5.11 Å². The van der Waals surface area contributed by atoms with E-state index in [1.54, 1.807) is 23.5 Å². The van der Waals surface area contributed by atoms with Crippen LogP contribution in [0.15, 0.2) is 30.3 Å². The monoisotopic (exact) mass is 392 g/mol. The van der Waals surface area contributed by atoms with E-state index in [-0.39, 0.29) is 5.75 Å². The lowest BCUT2D eigenvalue weighted by Gasteiger charge is -2.28. The van der Waals surface area contributed by atoms with E-state index in [0.717, 1.165) is 50.6 Å². The molecular formula is C21H20N4O2S. The van der Waals surface area contributed by atoms with Gasteiger partial charge in [-0.1, -0.05) is 12.1 Å². The number of rotatable bonds is 2. The second-order valence-electron chi connectivity index (χ2n) is 7.03. The molecule has 0 bridgehead atoms. The Hall–Kier alpha value is -2.77. The summed E-state index contributed by atoms with van der Waals surface area (Å²) in [6.45, 7) is 7.04. The van der Waals surface area contributed by atoms with Gasteiger partial charge >= 0.3 is 0 Å². The van der Waals surface area contributed by atoms with Crippen molar-refractivity contribution in [3.05, 3.63) is 41.6 Å². The number of ether oxygens (including phenoxy) is 1. The van der Waals surface area contributed by atoms with Crippen LogP contribution in [0, 0.1) is 13.8 Å². The first-order valence-corrected chi connectivity index (χ1v) is 10.1. The Kier molecular flexibility index (Phi) is 4.14. The first-order chi connectivity index (χ1) is 13.6. The molecule has 4 aromatic rings. The fourth-order valence-electron chi connectivity index (χ4n) is 3.74. The molecule has 1 fully saturated rings. The molecule has 4 heterocycles. The summed E-state index contributed by atoms with van der Waals surface area (Å²) in [5.41, 5.74) is 3.69. The van der Waals surface area contributed by atoms with E-state index in [2.05, 4.69) is 17.9 Å². The van der Waals surface area contributed by atoms with Gasteiger partial charge in [-0.2, -0.15) is 0 Å². The lowest BCUT2D eigenvalue weighted by atomic mass is 10.1. The number of aromatic nitrogens is 3. The normalized spacial score (nSPS) is 14.9. The Balaban J connectivity index is 1.85. The molecule has 142 valence electrons. The predicted molar refractivity (Wildman–Crippen MR) is 112 cm³/mol. The minimum Gasteiger partial charge on any atom is -0.507 e. The molecule has 0 spiro atoms. The molecule has 0 aliphatic carbocycles. The van der Waals surface area contributed by atoms with Gasteiger partial charge in [-0.3, -0.25) is 0 Å². The van der Waals surface area contributed by atoms with E-state index in [4.69, 9.17) is 19.7 Å². The molecule has 7 heteroatoms. The van der Waals surface area contributed by atoms with Crippen molar-refractivity contribution >= 4 is 37.6 Å². The summed E-state index contributed by atoms with van der Waals surface area (Å²) in [5, 5.41) is 11.4. The van der Waals surface area contributed by atoms with Crippen molar-refractivity contribution in [1.29, 1.82) is 0 Å². The Morgan fingerprint density at radius 1 is 1.07 bits per heavy atom. The molecule has 1 aliphatic rings. The van der Waals surface area contributed by atoms with Crippen LogP contribution in [0.3, 0.4) is 0 Å². The highest BCUT2D eigenvalue weighted by Crippen LogP contribution is 2.40. The molecule has 0 saturated carbocycles. The van der Waals surface area contributed by atoms with Gasteiger partial charge in [0.15, 0.2) is 11.6 Å². The quantitative estimate of drug-likeness (QED) is 0.555. The number of fused-ring (bicyclic) bond motifs is 3. The zero-order valence-corrected chi connectivity index (χ0v) is 16.6. The number of hydrogen-bond acceptors (Lipinski definition) is 7. The molecule has 0 radical (unpaired) electrons. The smallest absolute Gasteiger partial charge is 0.165 e. The number of pyridine rings is 1. The number of aromatic hydroxyl groups is 1. The number of para-hydroxylation sites is 1. The van der Waals surface area contributed by atoms with E-state index < -0.39 is 0 Å². The van der Waals surface area contributed by atoms with Gasteiger partial charge < -0.3 is 14.7 Å². The number of phenols is 1. The van der Waals surface area contributed by atoms with Crippen molar-refractivity contribution in [2.75, 3.05) is 31.2 Å². The van der Waals surface area contributed by atoms with Crippen molar-refractivity contribution in [1.82, 2.24) is 15.0 Å². The van der Waals surface area contributed by atoms with Crippen LogP contribution in [0.5, 0.6) is 5.75 Å². The van der Waals surface area contributed by atoms with Crippen LogP contribution in [0.2, 0.25) is 0 Å². The zero-order valence-electron chi connectivity index (χ0n) is 15.8. The topological polar surface area (TPSA) is 71.4 Å². The number of morpholine rings is 1. The molecule has 1 saturated heterocycles. The van der Waals surface area contributed by atoms with Crippen LogP contribution < -0.4 is 4.90 Å². The second-order valence-corrected chi connectivity index (χ2v) is 8.03. The number of aryl methyl sites for hydroxylation is 2. The number of anilines is 1. The van der Waals surface area contributed by atoms with Gasteiger partial charge in [-0.05, 0) is 37.6 Å². The third kappa shape index (κ3) is 2.78. The van der Waals surface area contributed by atoms with Gasteiger partial charge in [-0.15, -0.1) is 11.3 Å². The average molecular weight is 392 g/mol. The maximum absolute atomic E-state index is 10.4. The van der Waals surface area contributed by atoms with E-state index in [1.165, 1.54) is 0 Å². The minimum absolute atomic E-state index is 0.181. The Labute approximate surface area is 166 Å². The SMILES string of the molecule is Cc1cc(C)c2c(n1)sc1c(N3CCOCC3)nc(-c3ccccc3O)nc12. The largest absolute Gasteiger partial charge is 0.507 e. The van der Waals surface area contributed by atoms with Crippen LogP contribution in [0.4, 0.5) is 5.82 Å². The molecule has 28 heavy (non-hydrogen) atoms. The minimum atomic E-state index is 0.181. The van der Waals surface area contributed by atoms with Gasteiger partial charge in [0.1, 0.15) is 10.6 Å². The van der Waals surface area contributed by atoms with Crippen LogP contribution in [-0.4, -0.2) is 46.4 Å². The highest BCUT2D eigenvalue weighted by molar-refractivity contribution is 7.26. The van der Waals surface area contributed by atoms with Gasteiger partial charge in [-0.25, -0.2) is 15.0 Å². The first kappa shape index (κ1) is 17.3. The van der Waals surface area contributed by atoms with Crippen molar-refractivity contribution in [3.63, 3.8) is 0 Å². The third-order valence-corrected chi connectivity index (χ3v) is 6.12. The molecule has 0 unspecified atom stereocenters. The molecular weight excluding hydrogens is 372 g/mol. The summed E-state index contributed by atoms with van der Waals surface area (Å²) in [6.07, 6.45) is 0. The molecule has 1 aromatic carbocycles. The molecule has 0 amide bonds. The Morgan fingerprint density at radius 3 is 2.64 bits per heavy atom. The van der Waals surface area contributed by atoms with Gasteiger partial charge in [0.2, 0.25) is 0 Å². The Morgan fingerprint density at radius 2 is 1.86 bits per heavy atom. The highest BCUT2D eigenvalue weighted by atomic mass is 32.1. The number of phenolic OH excluding ortho intramolecular Hbond substituents is 1.